The fourth-order valence-electron chi connectivity index (χ4n) is 3.70. The molecule has 1 heterocycles. The molecule has 0 unspecified atom stereocenters. The summed E-state index contributed by atoms with van der Waals surface area (Å²) in [5.41, 5.74) is 7.56. The monoisotopic (exact) mass is 476 g/mol. The standard InChI is InChI=1S/C25H28N2O4.C4H8/c1-4-5-11-20-16-31-24(30)27(20)23(29)22(26)25(2,3)19-14-12-18(13-15-19)21(28)17-9-7-6-8-10-17;1-3-4-2/h4,6-10,12-15,20,22H,1,5,11,16,26H2,2-3H3;3-4H,1-2H3/b;4-3-/t20-,22+;/m0./s1. The maximum atomic E-state index is 13.1. The van der Waals surface area contributed by atoms with E-state index in [1.54, 1.807) is 42.5 Å². The van der Waals surface area contributed by atoms with E-state index in [0.717, 1.165) is 10.5 Å². The van der Waals surface area contributed by atoms with Crippen LogP contribution in [0.2, 0.25) is 0 Å². The minimum absolute atomic E-state index is 0.0739. The largest absolute Gasteiger partial charge is 0.447 e. The number of carbonyl (C=O) groups excluding carboxylic acids is 3. The summed E-state index contributed by atoms with van der Waals surface area (Å²) in [7, 11) is 0. The normalized spacial score (nSPS) is 16.3. The number of allylic oxidation sites excluding steroid dienone is 3. The number of nitrogens with two attached hydrogens (primary N) is 1. The molecule has 0 spiro atoms. The third kappa shape index (κ3) is 6.76. The van der Waals surface area contributed by atoms with Gasteiger partial charge >= 0.3 is 6.09 Å². The van der Waals surface area contributed by atoms with Crippen LogP contribution in [0, 0.1) is 0 Å². The lowest BCUT2D eigenvalue weighted by Crippen LogP contribution is -2.55. The molecule has 3 rings (SSSR count). The Morgan fingerprint density at radius 2 is 1.66 bits per heavy atom. The van der Waals surface area contributed by atoms with Crippen molar-refractivity contribution in [3.05, 3.63) is 96.1 Å². The third-order valence-corrected chi connectivity index (χ3v) is 6.21. The summed E-state index contributed by atoms with van der Waals surface area (Å²) in [6.45, 7) is 11.6. The van der Waals surface area contributed by atoms with Gasteiger partial charge in [0.15, 0.2) is 5.78 Å². The van der Waals surface area contributed by atoms with E-state index < -0.39 is 23.5 Å². The highest BCUT2D eigenvalue weighted by molar-refractivity contribution is 6.09. The van der Waals surface area contributed by atoms with E-state index in [-0.39, 0.29) is 18.4 Å². The van der Waals surface area contributed by atoms with Crippen molar-refractivity contribution in [3.8, 4) is 0 Å². The number of hydrogen-bond acceptors (Lipinski definition) is 5. The summed E-state index contributed by atoms with van der Waals surface area (Å²) >= 11 is 0. The van der Waals surface area contributed by atoms with Gasteiger partial charge in [0, 0.05) is 16.5 Å². The summed E-state index contributed by atoms with van der Waals surface area (Å²) in [6, 6.07) is 14.8. The van der Waals surface area contributed by atoms with Crippen LogP contribution >= 0.6 is 0 Å². The van der Waals surface area contributed by atoms with Gasteiger partial charge in [-0.25, -0.2) is 9.69 Å². The first kappa shape index (κ1) is 27.7. The van der Waals surface area contributed by atoms with Crippen molar-refractivity contribution in [1.82, 2.24) is 4.90 Å². The molecule has 0 aliphatic carbocycles. The van der Waals surface area contributed by atoms with Gasteiger partial charge in [0.2, 0.25) is 5.91 Å². The summed E-state index contributed by atoms with van der Waals surface area (Å²) in [4.78, 5) is 39.1. The first-order valence-electron chi connectivity index (χ1n) is 11.8. The molecule has 0 radical (unpaired) electrons. The quantitative estimate of drug-likeness (QED) is 0.406. The number of cyclic esters (lactones) is 1. The molecule has 0 bridgehead atoms. The third-order valence-electron chi connectivity index (χ3n) is 6.21. The molecule has 2 aromatic carbocycles. The summed E-state index contributed by atoms with van der Waals surface area (Å²) in [5.74, 6) is -0.541. The Morgan fingerprint density at radius 1 is 1.09 bits per heavy atom. The lowest BCUT2D eigenvalue weighted by Gasteiger charge is -2.34. The molecule has 2 amide bonds. The molecule has 2 aromatic rings. The minimum Gasteiger partial charge on any atom is -0.447 e. The Bertz CT molecular complexity index is 1040. The van der Waals surface area contributed by atoms with Gasteiger partial charge in [-0.05, 0) is 32.3 Å². The highest BCUT2D eigenvalue weighted by Crippen LogP contribution is 2.30. The number of hydrogen-bond donors (Lipinski definition) is 1. The van der Waals surface area contributed by atoms with Gasteiger partial charge in [0.05, 0.1) is 12.1 Å². The molecule has 0 aromatic heterocycles. The fraction of sp³-hybridized carbons (Fsp3) is 0.345. The lowest BCUT2D eigenvalue weighted by molar-refractivity contribution is -0.132. The first-order chi connectivity index (χ1) is 16.7. The number of imide groups is 1. The molecule has 1 saturated heterocycles. The molecular weight excluding hydrogens is 440 g/mol. The van der Waals surface area contributed by atoms with Crippen molar-refractivity contribution in [2.75, 3.05) is 6.61 Å². The molecule has 186 valence electrons. The maximum absolute atomic E-state index is 13.1. The van der Waals surface area contributed by atoms with Crippen molar-refractivity contribution in [2.45, 2.75) is 58.0 Å². The summed E-state index contributed by atoms with van der Waals surface area (Å²) in [5, 5.41) is 0. The Morgan fingerprint density at radius 3 is 2.20 bits per heavy atom. The van der Waals surface area contributed by atoms with E-state index in [9.17, 15) is 14.4 Å². The zero-order chi connectivity index (χ0) is 26.0. The van der Waals surface area contributed by atoms with Crippen LogP contribution in [0.4, 0.5) is 4.79 Å². The molecule has 1 fully saturated rings. The van der Waals surface area contributed by atoms with Gasteiger partial charge in [0.1, 0.15) is 6.61 Å². The Kier molecular flexibility index (Phi) is 10.2. The van der Waals surface area contributed by atoms with E-state index in [2.05, 4.69) is 6.58 Å². The van der Waals surface area contributed by atoms with Crippen LogP contribution in [0.25, 0.3) is 0 Å². The number of amides is 2. The SMILES string of the molecule is C/C=C\C.C=CCC[C@H]1COC(=O)N1C(=O)[C@@H](N)C(C)(C)c1ccc(C(=O)c2ccccc2)cc1. The van der Waals surface area contributed by atoms with Crippen molar-refractivity contribution in [3.63, 3.8) is 0 Å². The number of ether oxygens (including phenoxy) is 1. The van der Waals surface area contributed by atoms with Crippen LogP contribution < -0.4 is 5.73 Å². The van der Waals surface area contributed by atoms with Crippen molar-refractivity contribution in [1.29, 1.82) is 0 Å². The van der Waals surface area contributed by atoms with Gasteiger partial charge < -0.3 is 10.5 Å². The van der Waals surface area contributed by atoms with Crippen LogP contribution in [0.15, 0.2) is 79.4 Å². The lowest BCUT2D eigenvalue weighted by atomic mass is 9.77. The average molecular weight is 477 g/mol. The zero-order valence-corrected chi connectivity index (χ0v) is 21.1. The fourth-order valence-corrected chi connectivity index (χ4v) is 3.70. The number of benzene rings is 2. The number of carbonyl (C=O) groups is 3. The topological polar surface area (TPSA) is 89.7 Å². The van der Waals surface area contributed by atoms with Crippen LogP contribution in [-0.2, 0) is 14.9 Å². The molecule has 1 aliphatic heterocycles. The number of nitrogens with zero attached hydrogens (tertiary/aromatic N) is 1. The molecular formula is C29H36N2O4. The molecule has 2 N–H and O–H groups in total. The van der Waals surface area contributed by atoms with Crippen molar-refractivity contribution < 1.29 is 19.1 Å². The molecule has 2 atom stereocenters. The van der Waals surface area contributed by atoms with E-state index >= 15 is 0 Å². The summed E-state index contributed by atoms with van der Waals surface area (Å²) in [6.07, 6.45) is 6.34. The Labute approximate surface area is 208 Å². The molecule has 6 heteroatoms. The first-order valence-corrected chi connectivity index (χ1v) is 11.8. The summed E-state index contributed by atoms with van der Waals surface area (Å²) < 4.78 is 5.09. The zero-order valence-electron chi connectivity index (χ0n) is 21.1. The van der Waals surface area contributed by atoms with Gasteiger partial charge in [0.25, 0.3) is 0 Å². The maximum Gasteiger partial charge on any atom is 0.417 e. The van der Waals surface area contributed by atoms with Gasteiger partial charge in [-0.3, -0.25) is 9.59 Å². The van der Waals surface area contributed by atoms with E-state index in [0.29, 0.717) is 24.0 Å². The Balaban J connectivity index is 0.00000100. The average Bonchev–Trinajstić information content (AvgIpc) is 3.26. The molecule has 0 saturated carbocycles. The van der Waals surface area contributed by atoms with Gasteiger partial charge in [-0.15, -0.1) is 6.58 Å². The minimum atomic E-state index is -0.958. The van der Waals surface area contributed by atoms with E-state index in [1.807, 2.05) is 58.0 Å². The van der Waals surface area contributed by atoms with Gasteiger partial charge in [-0.2, -0.15) is 0 Å². The van der Waals surface area contributed by atoms with Crippen LogP contribution in [0.5, 0.6) is 0 Å². The van der Waals surface area contributed by atoms with Crippen LogP contribution in [-0.4, -0.2) is 41.4 Å². The Hall–Kier alpha value is -3.51. The van der Waals surface area contributed by atoms with Crippen molar-refractivity contribution in [2.24, 2.45) is 5.73 Å². The molecule has 6 nitrogen and oxygen atoms in total. The highest BCUT2D eigenvalue weighted by atomic mass is 16.6. The van der Waals surface area contributed by atoms with E-state index in [1.165, 1.54) is 0 Å². The molecule has 35 heavy (non-hydrogen) atoms. The number of rotatable bonds is 8. The second kappa shape index (κ2) is 12.8. The van der Waals surface area contributed by atoms with Crippen molar-refractivity contribution >= 4 is 17.8 Å². The number of ketones is 1. The second-order valence-electron chi connectivity index (χ2n) is 8.94. The van der Waals surface area contributed by atoms with Crippen LogP contribution in [0.3, 0.4) is 0 Å². The highest BCUT2D eigenvalue weighted by Gasteiger charge is 2.44. The predicted molar refractivity (Wildman–Crippen MR) is 139 cm³/mol. The second-order valence-corrected chi connectivity index (χ2v) is 8.94. The van der Waals surface area contributed by atoms with E-state index in [4.69, 9.17) is 10.5 Å². The van der Waals surface area contributed by atoms with Crippen LogP contribution in [0.1, 0.15) is 62.0 Å². The molecule has 1 aliphatic rings. The smallest absolute Gasteiger partial charge is 0.417 e. The predicted octanol–water partition coefficient (Wildman–Crippen LogP) is 5.42. The van der Waals surface area contributed by atoms with Gasteiger partial charge in [-0.1, -0.05) is 86.7 Å².